The molecule has 1 aliphatic heterocycles. The van der Waals surface area contributed by atoms with E-state index in [1.54, 1.807) is 11.8 Å². The maximum Gasteiger partial charge on any atom is 0.233 e. The second-order valence-electron chi connectivity index (χ2n) is 4.70. The Hall–Kier alpha value is -0.220. The van der Waals surface area contributed by atoms with Gasteiger partial charge in [0.05, 0.1) is 5.25 Å². The maximum absolute atomic E-state index is 11.8. The topological polar surface area (TPSA) is 41.1 Å². The van der Waals surface area contributed by atoms with Crippen LogP contribution in [-0.2, 0) is 4.79 Å². The van der Waals surface area contributed by atoms with Gasteiger partial charge >= 0.3 is 0 Å². The van der Waals surface area contributed by atoms with Crippen LogP contribution in [-0.4, -0.2) is 36.0 Å². The van der Waals surface area contributed by atoms with Crippen LogP contribution < -0.4 is 10.6 Å². The standard InChI is InChI=1S/C12H24N2OS/c1-4-5-9(2)14-12(15)10(3)16-8-11-6-13-7-11/h9-11,13H,4-8H2,1-3H3,(H,14,15). The van der Waals surface area contributed by atoms with Crippen LogP contribution in [0.15, 0.2) is 0 Å². The first-order valence-electron chi connectivity index (χ1n) is 6.26. The molecule has 2 N–H and O–H groups in total. The van der Waals surface area contributed by atoms with Crippen LogP contribution in [0.1, 0.15) is 33.6 Å². The Balaban J connectivity index is 2.13. The summed E-state index contributed by atoms with van der Waals surface area (Å²) in [4.78, 5) is 11.8. The van der Waals surface area contributed by atoms with Crippen molar-refractivity contribution in [2.45, 2.75) is 44.9 Å². The summed E-state index contributed by atoms with van der Waals surface area (Å²) < 4.78 is 0. The predicted octanol–water partition coefficient (Wildman–Crippen LogP) is 1.63. The van der Waals surface area contributed by atoms with Crippen molar-refractivity contribution in [3.8, 4) is 0 Å². The van der Waals surface area contributed by atoms with Gasteiger partial charge in [0.2, 0.25) is 5.91 Å². The molecule has 16 heavy (non-hydrogen) atoms. The van der Waals surface area contributed by atoms with Crippen molar-refractivity contribution < 1.29 is 4.79 Å². The van der Waals surface area contributed by atoms with E-state index in [4.69, 9.17) is 0 Å². The summed E-state index contributed by atoms with van der Waals surface area (Å²) in [5.74, 6) is 2.07. The number of carbonyl (C=O) groups is 1. The largest absolute Gasteiger partial charge is 0.353 e. The molecule has 0 aliphatic carbocycles. The lowest BCUT2D eigenvalue weighted by Crippen LogP contribution is -2.44. The third-order valence-corrected chi connectivity index (χ3v) is 4.31. The molecule has 1 rings (SSSR count). The normalized spacial score (nSPS) is 19.9. The quantitative estimate of drug-likeness (QED) is 0.715. The van der Waals surface area contributed by atoms with Crippen molar-refractivity contribution in [1.29, 1.82) is 0 Å². The van der Waals surface area contributed by atoms with Crippen molar-refractivity contribution in [3.05, 3.63) is 0 Å². The molecule has 0 aromatic rings. The summed E-state index contributed by atoms with van der Waals surface area (Å²) in [6.07, 6.45) is 2.19. The second-order valence-corrected chi connectivity index (χ2v) is 6.07. The number of hydrogen-bond acceptors (Lipinski definition) is 3. The molecule has 0 bridgehead atoms. The van der Waals surface area contributed by atoms with E-state index < -0.39 is 0 Å². The molecule has 0 radical (unpaired) electrons. The molecule has 1 aliphatic rings. The molecule has 4 heteroatoms. The third-order valence-electron chi connectivity index (χ3n) is 2.93. The van der Waals surface area contributed by atoms with Crippen LogP contribution >= 0.6 is 11.8 Å². The fourth-order valence-corrected chi connectivity index (χ4v) is 2.70. The van der Waals surface area contributed by atoms with E-state index >= 15 is 0 Å². The molecule has 2 atom stereocenters. The fourth-order valence-electron chi connectivity index (χ4n) is 1.69. The number of amides is 1. The number of carbonyl (C=O) groups excluding carboxylic acids is 1. The van der Waals surface area contributed by atoms with Gasteiger partial charge in [0, 0.05) is 6.04 Å². The SMILES string of the molecule is CCCC(C)NC(=O)C(C)SCC1CNC1. The van der Waals surface area contributed by atoms with Gasteiger partial charge in [-0.05, 0) is 45.0 Å². The van der Waals surface area contributed by atoms with E-state index in [9.17, 15) is 4.79 Å². The first kappa shape index (κ1) is 13.8. The Morgan fingerprint density at radius 3 is 2.69 bits per heavy atom. The maximum atomic E-state index is 11.8. The Bertz CT molecular complexity index is 219. The van der Waals surface area contributed by atoms with Gasteiger partial charge in [-0.3, -0.25) is 4.79 Å². The highest BCUT2D eigenvalue weighted by molar-refractivity contribution is 8.00. The van der Waals surface area contributed by atoms with Crippen LogP contribution in [0.4, 0.5) is 0 Å². The first-order chi connectivity index (χ1) is 7.63. The Morgan fingerprint density at radius 2 is 2.19 bits per heavy atom. The molecule has 2 unspecified atom stereocenters. The summed E-state index contributed by atoms with van der Waals surface area (Å²) in [7, 11) is 0. The van der Waals surface area contributed by atoms with E-state index in [1.807, 2.05) is 6.92 Å². The number of thioether (sulfide) groups is 1. The number of rotatable bonds is 7. The lowest BCUT2D eigenvalue weighted by Gasteiger charge is -2.27. The Morgan fingerprint density at radius 1 is 1.50 bits per heavy atom. The molecule has 0 aromatic carbocycles. The van der Waals surface area contributed by atoms with E-state index in [2.05, 4.69) is 24.5 Å². The van der Waals surface area contributed by atoms with E-state index in [1.165, 1.54) is 0 Å². The molecule has 1 amide bonds. The van der Waals surface area contributed by atoms with Gasteiger partial charge in [-0.1, -0.05) is 13.3 Å². The van der Waals surface area contributed by atoms with Crippen LogP contribution in [0.25, 0.3) is 0 Å². The molecule has 0 saturated carbocycles. The van der Waals surface area contributed by atoms with Gasteiger partial charge in [-0.25, -0.2) is 0 Å². The molecule has 94 valence electrons. The van der Waals surface area contributed by atoms with Crippen LogP contribution in [0, 0.1) is 5.92 Å². The van der Waals surface area contributed by atoms with Gasteiger partial charge in [0.15, 0.2) is 0 Å². The molecule has 0 aromatic heterocycles. The van der Waals surface area contributed by atoms with E-state index in [0.29, 0.717) is 6.04 Å². The van der Waals surface area contributed by atoms with Crippen LogP contribution in [0.3, 0.4) is 0 Å². The minimum atomic E-state index is 0.0832. The number of nitrogens with one attached hydrogen (secondary N) is 2. The molecular weight excluding hydrogens is 220 g/mol. The van der Waals surface area contributed by atoms with Crippen LogP contribution in [0.2, 0.25) is 0 Å². The fraction of sp³-hybridized carbons (Fsp3) is 0.917. The zero-order valence-electron chi connectivity index (χ0n) is 10.6. The summed E-state index contributed by atoms with van der Waals surface area (Å²) in [6, 6.07) is 0.311. The van der Waals surface area contributed by atoms with Gasteiger partial charge in [-0.15, -0.1) is 11.8 Å². The molecule has 1 heterocycles. The number of hydrogen-bond donors (Lipinski definition) is 2. The summed E-state index contributed by atoms with van der Waals surface area (Å²) >= 11 is 1.78. The highest BCUT2D eigenvalue weighted by atomic mass is 32.2. The molecule has 3 nitrogen and oxygen atoms in total. The lowest BCUT2D eigenvalue weighted by atomic mass is 10.1. The zero-order chi connectivity index (χ0) is 12.0. The van der Waals surface area contributed by atoms with Gasteiger partial charge in [-0.2, -0.15) is 0 Å². The molecular formula is C12H24N2OS. The highest BCUT2D eigenvalue weighted by Gasteiger charge is 2.21. The van der Waals surface area contributed by atoms with Gasteiger partial charge in [0.25, 0.3) is 0 Å². The van der Waals surface area contributed by atoms with Gasteiger partial charge in [0.1, 0.15) is 0 Å². The average Bonchev–Trinajstić information content (AvgIpc) is 2.15. The van der Waals surface area contributed by atoms with E-state index in [0.717, 1.165) is 37.6 Å². The molecule has 0 spiro atoms. The van der Waals surface area contributed by atoms with Crippen molar-refractivity contribution in [1.82, 2.24) is 10.6 Å². The Labute approximate surface area is 103 Å². The van der Waals surface area contributed by atoms with Crippen molar-refractivity contribution in [3.63, 3.8) is 0 Å². The molecule has 1 saturated heterocycles. The first-order valence-corrected chi connectivity index (χ1v) is 7.31. The third kappa shape index (κ3) is 4.74. The predicted molar refractivity (Wildman–Crippen MR) is 70.8 cm³/mol. The smallest absolute Gasteiger partial charge is 0.233 e. The van der Waals surface area contributed by atoms with Crippen LogP contribution in [0.5, 0.6) is 0 Å². The van der Waals surface area contributed by atoms with E-state index in [-0.39, 0.29) is 11.2 Å². The second kappa shape index (κ2) is 7.17. The monoisotopic (exact) mass is 244 g/mol. The van der Waals surface area contributed by atoms with Gasteiger partial charge < -0.3 is 10.6 Å². The summed E-state index contributed by atoms with van der Waals surface area (Å²) in [6.45, 7) is 8.46. The van der Waals surface area contributed by atoms with Crippen molar-refractivity contribution >= 4 is 17.7 Å². The zero-order valence-corrected chi connectivity index (χ0v) is 11.4. The lowest BCUT2D eigenvalue weighted by molar-refractivity contribution is -0.120. The highest BCUT2D eigenvalue weighted by Crippen LogP contribution is 2.17. The average molecular weight is 244 g/mol. The Kier molecular flexibility index (Phi) is 6.21. The minimum absolute atomic E-state index is 0.0832. The minimum Gasteiger partial charge on any atom is -0.353 e. The van der Waals surface area contributed by atoms with Crippen molar-refractivity contribution in [2.75, 3.05) is 18.8 Å². The molecule has 1 fully saturated rings. The summed E-state index contributed by atoms with van der Waals surface area (Å²) in [5.41, 5.74) is 0. The summed E-state index contributed by atoms with van der Waals surface area (Å²) in [5, 5.41) is 6.40. The van der Waals surface area contributed by atoms with Crippen molar-refractivity contribution in [2.24, 2.45) is 5.92 Å².